The number of benzene rings is 1. The maximum atomic E-state index is 11.9. The van der Waals surface area contributed by atoms with Crippen molar-refractivity contribution in [3.8, 4) is 0 Å². The Hall–Kier alpha value is -2.64. The molecule has 0 atom stereocenters. The van der Waals surface area contributed by atoms with Gasteiger partial charge in [-0.15, -0.1) is 0 Å². The van der Waals surface area contributed by atoms with Gasteiger partial charge in [0.25, 0.3) is 0 Å². The molecule has 0 unspecified atom stereocenters. The van der Waals surface area contributed by atoms with E-state index in [2.05, 4.69) is 9.79 Å². The van der Waals surface area contributed by atoms with E-state index in [9.17, 15) is 14.8 Å². The molecule has 0 saturated carbocycles. The summed E-state index contributed by atoms with van der Waals surface area (Å²) in [4.78, 5) is 25.2. The lowest BCUT2D eigenvalue weighted by Gasteiger charge is -2.14. The standard InChI is InChI=1S/C13H13N3O5/c17-12-2-1-5-15(12)6-7-20-13(18)9-3-4-11-10(8-9)14-21-16(11)19/h3-4,8H,1-2,5-7H2. The highest BCUT2D eigenvalue weighted by Gasteiger charge is 2.20. The van der Waals surface area contributed by atoms with E-state index in [0.29, 0.717) is 19.5 Å². The van der Waals surface area contributed by atoms with Gasteiger partial charge in [0.2, 0.25) is 16.9 Å². The predicted molar refractivity (Wildman–Crippen MR) is 69.1 cm³/mol. The summed E-state index contributed by atoms with van der Waals surface area (Å²) in [7, 11) is 0. The molecular formula is C13H13N3O5. The van der Waals surface area contributed by atoms with Crippen LogP contribution in [0.15, 0.2) is 22.8 Å². The fraction of sp³-hybridized carbons (Fsp3) is 0.385. The third-order valence-corrected chi connectivity index (χ3v) is 3.39. The van der Waals surface area contributed by atoms with Gasteiger partial charge in [-0.1, -0.05) is 0 Å². The van der Waals surface area contributed by atoms with E-state index in [-0.39, 0.29) is 34.0 Å². The van der Waals surface area contributed by atoms with Crippen LogP contribution in [0, 0.1) is 5.21 Å². The Kier molecular flexibility index (Phi) is 3.43. The van der Waals surface area contributed by atoms with Crippen molar-refractivity contribution in [1.82, 2.24) is 10.1 Å². The minimum absolute atomic E-state index is 0.0927. The molecule has 1 fully saturated rings. The molecule has 1 amide bonds. The Bertz CT molecular complexity index is 696. The molecular weight excluding hydrogens is 278 g/mol. The zero-order valence-corrected chi connectivity index (χ0v) is 11.2. The number of ether oxygens (including phenoxy) is 1. The second-order valence-electron chi connectivity index (χ2n) is 4.75. The summed E-state index contributed by atoms with van der Waals surface area (Å²) < 4.78 is 9.54. The van der Waals surface area contributed by atoms with Gasteiger partial charge in [-0.2, -0.15) is 0 Å². The number of esters is 1. The molecule has 0 bridgehead atoms. The van der Waals surface area contributed by atoms with Gasteiger partial charge in [0.05, 0.1) is 12.1 Å². The number of hydrogen-bond acceptors (Lipinski definition) is 6. The van der Waals surface area contributed by atoms with Crippen molar-refractivity contribution in [3.05, 3.63) is 29.0 Å². The van der Waals surface area contributed by atoms with Gasteiger partial charge in [0, 0.05) is 24.2 Å². The lowest BCUT2D eigenvalue weighted by molar-refractivity contribution is -0.782. The molecule has 110 valence electrons. The molecule has 1 saturated heterocycles. The van der Waals surface area contributed by atoms with Crippen LogP contribution in [0.25, 0.3) is 11.0 Å². The Morgan fingerprint density at radius 1 is 1.52 bits per heavy atom. The molecule has 0 radical (unpaired) electrons. The van der Waals surface area contributed by atoms with E-state index in [1.165, 1.54) is 18.2 Å². The third kappa shape index (κ3) is 2.64. The average Bonchev–Trinajstić information content (AvgIpc) is 3.05. The molecule has 8 nitrogen and oxygen atoms in total. The molecule has 1 aliphatic heterocycles. The molecule has 3 rings (SSSR count). The van der Waals surface area contributed by atoms with Gasteiger partial charge in [-0.25, -0.2) is 4.79 Å². The van der Waals surface area contributed by atoms with E-state index in [1.807, 2.05) is 0 Å². The van der Waals surface area contributed by atoms with Crippen molar-refractivity contribution in [2.24, 2.45) is 0 Å². The molecule has 0 spiro atoms. The average molecular weight is 291 g/mol. The maximum Gasteiger partial charge on any atom is 0.338 e. The lowest BCUT2D eigenvalue weighted by atomic mass is 10.2. The number of amides is 1. The third-order valence-electron chi connectivity index (χ3n) is 3.39. The van der Waals surface area contributed by atoms with Crippen LogP contribution < -0.4 is 4.90 Å². The van der Waals surface area contributed by atoms with Crippen LogP contribution in [0.4, 0.5) is 0 Å². The fourth-order valence-electron chi connectivity index (χ4n) is 2.28. The van der Waals surface area contributed by atoms with Gasteiger partial charge in [0.15, 0.2) is 0 Å². The Labute approximate surface area is 119 Å². The Morgan fingerprint density at radius 2 is 2.38 bits per heavy atom. The van der Waals surface area contributed by atoms with E-state index >= 15 is 0 Å². The largest absolute Gasteiger partial charge is 0.460 e. The second-order valence-corrected chi connectivity index (χ2v) is 4.75. The van der Waals surface area contributed by atoms with Crippen LogP contribution in [-0.2, 0) is 9.53 Å². The number of hydrogen-bond donors (Lipinski definition) is 0. The zero-order valence-electron chi connectivity index (χ0n) is 11.2. The summed E-state index contributed by atoms with van der Waals surface area (Å²) in [5.41, 5.74) is 0.813. The normalized spacial score (nSPS) is 14.9. The highest BCUT2D eigenvalue weighted by Crippen LogP contribution is 2.12. The van der Waals surface area contributed by atoms with Crippen LogP contribution in [-0.4, -0.2) is 41.6 Å². The smallest absolute Gasteiger partial charge is 0.338 e. The quantitative estimate of drug-likeness (QED) is 0.591. The molecule has 1 aromatic carbocycles. The van der Waals surface area contributed by atoms with Gasteiger partial charge in [-0.05, 0) is 23.5 Å². The monoisotopic (exact) mass is 291 g/mol. The number of rotatable bonds is 4. The highest BCUT2D eigenvalue weighted by molar-refractivity contribution is 5.92. The molecule has 0 aliphatic carbocycles. The Morgan fingerprint density at radius 3 is 3.14 bits per heavy atom. The van der Waals surface area contributed by atoms with Crippen molar-refractivity contribution in [1.29, 1.82) is 0 Å². The Balaban J connectivity index is 1.60. The summed E-state index contributed by atoms with van der Waals surface area (Å²) in [6, 6.07) is 4.34. The van der Waals surface area contributed by atoms with Gasteiger partial charge in [-0.3, -0.25) is 9.42 Å². The minimum Gasteiger partial charge on any atom is -0.460 e. The van der Waals surface area contributed by atoms with Crippen LogP contribution in [0.3, 0.4) is 0 Å². The topological polar surface area (TPSA) is 99.6 Å². The number of carbonyl (C=O) groups is 2. The predicted octanol–water partition coefficient (Wildman–Crippen LogP) is 0.240. The van der Waals surface area contributed by atoms with Crippen LogP contribution >= 0.6 is 0 Å². The summed E-state index contributed by atoms with van der Waals surface area (Å²) in [6.45, 7) is 1.26. The number of carbonyl (C=O) groups excluding carboxylic acids is 2. The number of nitrogens with zero attached hydrogens (tertiary/aromatic N) is 3. The lowest BCUT2D eigenvalue weighted by Crippen LogP contribution is -2.29. The fourth-order valence-corrected chi connectivity index (χ4v) is 2.28. The van der Waals surface area contributed by atoms with Crippen LogP contribution in [0.1, 0.15) is 23.2 Å². The molecule has 2 aromatic rings. The van der Waals surface area contributed by atoms with Crippen molar-refractivity contribution in [2.45, 2.75) is 12.8 Å². The molecule has 0 N–H and O–H groups in total. The SMILES string of the molecule is O=C(OCCN1CCCC1=O)c1ccc2c(c1)no[n+]2[O-]. The summed E-state index contributed by atoms with van der Waals surface area (Å²) in [6.07, 6.45) is 1.41. The molecule has 1 aliphatic rings. The second kappa shape index (κ2) is 5.39. The van der Waals surface area contributed by atoms with E-state index in [0.717, 1.165) is 6.42 Å². The molecule has 1 aromatic heterocycles. The van der Waals surface area contributed by atoms with Gasteiger partial charge < -0.3 is 14.8 Å². The van der Waals surface area contributed by atoms with Gasteiger partial charge >= 0.3 is 5.97 Å². The van der Waals surface area contributed by atoms with Crippen molar-refractivity contribution in [3.63, 3.8) is 0 Å². The first-order valence-corrected chi connectivity index (χ1v) is 6.59. The van der Waals surface area contributed by atoms with E-state index in [4.69, 9.17) is 4.74 Å². The zero-order chi connectivity index (χ0) is 14.8. The number of fused-ring (bicyclic) bond motifs is 1. The van der Waals surface area contributed by atoms with Crippen LogP contribution in [0.2, 0.25) is 0 Å². The van der Waals surface area contributed by atoms with E-state index < -0.39 is 5.97 Å². The van der Waals surface area contributed by atoms with E-state index in [1.54, 1.807) is 4.90 Å². The van der Waals surface area contributed by atoms with Crippen molar-refractivity contribution < 1.29 is 23.9 Å². The highest BCUT2D eigenvalue weighted by atomic mass is 16.8. The summed E-state index contributed by atoms with van der Waals surface area (Å²) >= 11 is 0. The minimum atomic E-state index is -0.524. The first kappa shape index (κ1) is 13.3. The molecule has 8 heteroatoms. The molecule has 2 heterocycles. The summed E-state index contributed by atoms with van der Waals surface area (Å²) in [5.74, 6) is -0.431. The maximum absolute atomic E-state index is 11.9. The summed E-state index contributed by atoms with van der Waals surface area (Å²) in [5, 5.41) is 14.7. The first-order chi connectivity index (χ1) is 10.1. The van der Waals surface area contributed by atoms with Crippen LogP contribution in [0.5, 0.6) is 0 Å². The molecule has 21 heavy (non-hydrogen) atoms. The number of likely N-dealkylation sites (tertiary alicyclic amines) is 1. The van der Waals surface area contributed by atoms with Crippen molar-refractivity contribution >= 4 is 22.9 Å². The number of aromatic nitrogens is 2. The van der Waals surface area contributed by atoms with Crippen molar-refractivity contribution in [2.75, 3.05) is 19.7 Å². The van der Waals surface area contributed by atoms with Gasteiger partial charge in [0.1, 0.15) is 6.61 Å². The first-order valence-electron chi connectivity index (χ1n) is 6.59.